The van der Waals surface area contributed by atoms with Gasteiger partial charge in [-0.25, -0.2) is 0 Å². The molecule has 2 aliphatic heterocycles. The van der Waals surface area contributed by atoms with Gasteiger partial charge in [0.1, 0.15) is 0 Å². The molecule has 0 aromatic carbocycles. The highest BCUT2D eigenvalue weighted by molar-refractivity contribution is 6.00. The van der Waals surface area contributed by atoms with Gasteiger partial charge >= 0.3 is 0 Å². The fraction of sp³-hybridized carbons (Fsp3) is 0.714. The van der Waals surface area contributed by atoms with Crippen molar-refractivity contribution in [3.8, 4) is 0 Å². The molecule has 1 atom stereocenters. The number of nitrogens with zero attached hydrogens (tertiary/aromatic N) is 2. The van der Waals surface area contributed by atoms with Crippen molar-refractivity contribution in [1.29, 1.82) is 0 Å². The van der Waals surface area contributed by atoms with Gasteiger partial charge in [0, 0.05) is 13.6 Å². The molecule has 0 aliphatic carbocycles. The number of amides is 1. The van der Waals surface area contributed by atoms with E-state index in [4.69, 9.17) is 0 Å². The van der Waals surface area contributed by atoms with E-state index in [1.54, 1.807) is 18.3 Å². The predicted octanol–water partition coefficient (Wildman–Crippen LogP) is -0.781. The van der Waals surface area contributed by atoms with Crippen molar-refractivity contribution in [2.75, 3.05) is 20.1 Å². The lowest BCUT2D eigenvalue weighted by Crippen LogP contribution is -2.41. The summed E-state index contributed by atoms with van der Waals surface area (Å²) in [6, 6.07) is 0. The van der Waals surface area contributed by atoms with E-state index in [1.807, 2.05) is 0 Å². The summed E-state index contributed by atoms with van der Waals surface area (Å²) in [5.41, 5.74) is -0.436. The second-order valence-electron chi connectivity index (χ2n) is 3.12. The molecule has 60 valence electrons. The van der Waals surface area contributed by atoms with Gasteiger partial charge < -0.3 is 10.2 Å². The maximum absolute atomic E-state index is 11.5. The highest BCUT2D eigenvalue weighted by Gasteiger charge is 2.45. The van der Waals surface area contributed by atoms with Crippen molar-refractivity contribution in [1.82, 2.24) is 10.2 Å². The Kier molecular flexibility index (Phi) is 1.26. The van der Waals surface area contributed by atoms with Crippen LogP contribution in [0.5, 0.6) is 0 Å². The number of hydrogen-bond acceptors (Lipinski definition) is 3. The van der Waals surface area contributed by atoms with Crippen molar-refractivity contribution >= 4 is 12.2 Å². The van der Waals surface area contributed by atoms with E-state index in [9.17, 15) is 4.79 Å². The van der Waals surface area contributed by atoms with Crippen LogP contribution in [-0.4, -0.2) is 42.8 Å². The minimum atomic E-state index is -0.436. The number of rotatable bonds is 0. The van der Waals surface area contributed by atoms with Crippen LogP contribution in [0.4, 0.5) is 0 Å². The first-order chi connectivity index (χ1) is 5.25. The third-order valence-corrected chi connectivity index (χ3v) is 2.33. The first-order valence-corrected chi connectivity index (χ1v) is 3.78. The van der Waals surface area contributed by atoms with Gasteiger partial charge in [-0.3, -0.25) is 9.79 Å². The van der Waals surface area contributed by atoms with Crippen molar-refractivity contribution in [3.05, 3.63) is 0 Å². The molecule has 0 radical (unpaired) electrons. The fourth-order valence-electron chi connectivity index (χ4n) is 1.60. The minimum absolute atomic E-state index is 0.127. The molecule has 4 heteroatoms. The quantitative estimate of drug-likeness (QED) is 0.496. The van der Waals surface area contributed by atoms with Gasteiger partial charge in [0.15, 0.2) is 5.54 Å². The average molecular weight is 153 g/mol. The Hall–Kier alpha value is -0.900. The molecule has 1 spiro atoms. The summed E-state index contributed by atoms with van der Waals surface area (Å²) in [5, 5.41) is 3.14. The van der Waals surface area contributed by atoms with Gasteiger partial charge in [0.05, 0.1) is 6.34 Å². The third-order valence-electron chi connectivity index (χ3n) is 2.33. The molecule has 2 heterocycles. The number of likely N-dealkylation sites (N-methyl/N-ethyl adjacent to an activating group) is 1. The standard InChI is InChI=1S/C7H11N3O/c1-10-5-9-7(6(10)11)2-3-8-4-7/h5,8H,2-4H2,1H3. The summed E-state index contributed by atoms with van der Waals surface area (Å²) in [4.78, 5) is 17.3. The largest absolute Gasteiger partial charge is 0.314 e. The first kappa shape index (κ1) is 6.79. The van der Waals surface area contributed by atoms with Crippen LogP contribution < -0.4 is 5.32 Å². The number of carbonyl (C=O) groups excluding carboxylic acids is 1. The molecule has 0 saturated carbocycles. The number of nitrogens with one attached hydrogen (secondary N) is 1. The van der Waals surface area contributed by atoms with Gasteiger partial charge in [-0.15, -0.1) is 0 Å². The molecule has 4 nitrogen and oxygen atoms in total. The van der Waals surface area contributed by atoms with Gasteiger partial charge in [0.2, 0.25) is 0 Å². The van der Waals surface area contributed by atoms with Crippen molar-refractivity contribution in [3.63, 3.8) is 0 Å². The van der Waals surface area contributed by atoms with E-state index in [2.05, 4.69) is 10.3 Å². The molecule has 2 rings (SSSR count). The number of carbonyl (C=O) groups is 1. The van der Waals surface area contributed by atoms with Crippen LogP contribution in [0.2, 0.25) is 0 Å². The number of aliphatic imine (C=N–C) groups is 1. The molecule has 1 amide bonds. The van der Waals surface area contributed by atoms with Crippen LogP contribution in [-0.2, 0) is 4.79 Å². The van der Waals surface area contributed by atoms with E-state index in [-0.39, 0.29) is 5.91 Å². The van der Waals surface area contributed by atoms with E-state index in [1.165, 1.54) is 0 Å². The molecule has 1 fully saturated rings. The van der Waals surface area contributed by atoms with Crippen LogP contribution in [0.3, 0.4) is 0 Å². The minimum Gasteiger partial charge on any atom is -0.314 e. The maximum atomic E-state index is 11.5. The zero-order valence-electron chi connectivity index (χ0n) is 6.50. The second-order valence-corrected chi connectivity index (χ2v) is 3.12. The molecule has 1 N–H and O–H groups in total. The molecule has 1 saturated heterocycles. The molecular formula is C7H11N3O. The molecule has 2 aliphatic rings. The smallest absolute Gasteiger partial charge is 0.256 e. The highest BCUT2D eigenvalue weighted by Crippen LogP contribution is 2.25. The topological polar surface area (TPSA) is 44.7 Å². The van der Waals surface area contributed by atoms with Gasteiger partial charge in [-0.1, -0.05) is 0 Å². The molecule has 0 bridgehead atoms. The average Bonchev–Trinajstić information content (AvgIpc) is 2.56. The van der Waals surface area contributed by atoms with Crippen molar-refractivity contribution in [2.24, 2.45) is 4.99 Å². The molecular weight excluding hydrogens is 142 g/mol. The Morgan fingerprint density at radius 2 is 2.64 bits per heavy atom. The van der Waals surface area contributed by atoms with Gasteiger partial charge in [-0.05, 0) is 13.0 Å². The fourth-order valence-corrected chi connectivity index (χ4v) is 1.60. The summed E-state index contributed by atoms with van der Waals surface area (Å²) < 4.78 is 0. The summed E-state index contributed by atoms with van der Waals surface area (Å²) in [7, 11) is 1.75. The lowest BCUT2D eigenvalue weighted by Gasteiger charge is -2.16. The van der Waals surface area contributed by atoms with Crippen LogP contribution in [0.1, 0.15) is 6.42 Å². The molecule has 0 aromatic heterocycles. The van der Waals surface area contributed by atoms with E-state index >= 15 is 0 Å². The normalized spacial score (nSPS) is 36.1. The predicted molar refractivity (Wildman–Crippen MR) is 41.5 cm³/mol. The zero-order valence-corrected chi connectivity index (χ0v) is 6.50. The van der Waals surface area contributed by atoms with Crippen LogP contribution in [0.15, 0.2) is 4.99 Å². The summed E-state index contributed by atoms with van der Waals surface area (Å²) >= 11 is 0. The van der Waals surface area contributed by atoms with E-state index in [0.717, 1.165) is 13.0 Å². The Balaban J connectivity index is 2.27. The molecule has 1 unspecified atom stereocenters. The lowest BCUT2D eigenvalue weighted by atomic mass is 9.99. The SMILES string of the molecule is CN1C=NC2(CCNC2)C1=O. The third kappa shape index (κ3) is 0.790. The van der Waals surface area contributed by atoms with E-state index in [0.29, 0.717) is 6.54 Å². The lowest BCUT2D eigenvalue weighted by molar-refractivity contribution is -0.129. The molecule has 11 heavy (non-hydrogen) atoms. The zero-order chi connectivity index (χ0) is 7.90. The number of hydrogen-bond donors (Lipinski definition) is 1. The monoisotopic (exact) mass is 153 g/mol. The Morgan fingerprint density at radius 3 is 3.09 bits per heavy atom. The summed E-state index contributed by atoms with van der Waals surface area (Å²) in [5.74, 6) is 0.127. The Bertz CT molecular complexity index is 218. The maximum Gasteiger partial charge on any atom is 0.256 e. The van der Waals surface area contributed by atoms with Crippen LogP contribution >= 0.6 is 0 Å². The van der Waals surface area contributed by atoms with E-state index < -0.39 is 5.54 Å². The highest BCUT2D eigenvalue weighted by atomic mass is 16.2. The van der Waals surface area contributed by atoms with Gasteiger partial charge in [-0.2, -0.15) is 0 Å². The second kappa shape index (κ2) is 2.04. The van der Waals surface area contributed by atoms with Crippen LogP contribution in [0, 0.1) is 0 Å². The first-order valence-electron chi connectivity index (χ1n) is 3.78. The van der Waals surface area contributed by atoms with Gasteiger partial charge in [0.25, 0.3) is 5.91 Å². The summed E-state index contributed by atoms with van der Waals surface area (Å²) in [6.07, 6.45) is 2.46. The molecule has 0 aromatic rings. The Labute approximate surface area is 65.3 Å². The van der Waals surface area contributed by atoms with Crippen molar-refractivity contribution < 1.29 is 4.79 Å². The van der Waals surface area contributed by atoms with Crippen molar-refractivity contribution in [2.45, 2.75) is 12.0 Å². The van der Waals surface area contributed by atoms with Crippen LogP contribution in [0.25, 0.3) is 0 Å². The Morgan fingerprint density at radius 1 is 1.82 bits per heavy atom. The summed E-state index contributed by atoms with van der Waals surface area (Å²) in [6.45, 7) is 1.60.